The van der Waals surface area contributed by atoms with Gasteiger partial charge >= 0.3 is 0 Å². The van der Waals surface area contributed by atoms with Gasteiger partial charge in [-0.05, 0) is 29.8 Å². The lowest BCUT2D eigenvalue weighted by molar-refractivity contribution is -0.123. The topological polar surface area (TPSA) is 58.2 Å². The maximum Gasteiger partial charge on any atom is 0.232 e. The molecule has 0 radical (unpaired) electrons. The Morgan fingerprint density at radius 2 is 2.00 bits per heavy atom. The molecule has 5 heteroatoms. The molecule has 0 aromatic heterocycles. The van der Waals surface area contributed by atoms with Crippen LogP contribution >= 0.6 is 0 Å². The summed E-state index contributed by atoms with van der Waals surface area (Å²) in [6.45, 7) is 0. The van der Waals surface area contributed by atoms with Crippen molar-refractivity contribution in [1.29, 1.82) is 0 Å². The summed E-state index contributed by atoms with van der Waals surface area (Å²) in [5.74, 6) is -1.51. The number of amides is 2. The Morgan fingerprint density at radius 1 is 1.19 bits per heavy atom. The van der Waals surface area contributed by atoms with Gasteiger partial charge in [0.25, 0.3) is 0 Å². The molecule has 1 atom stereocenters. The van der Waals surface area contributed by atoms with E-state index >= 15 is 0 Å². The first kappa shape index (κ1) is 13.3. The van der Waals surface area contributed by atoms with Crippen LogP contribution in [0.25, 0.3) is 0 Å². The van der Waals surface area contributed by atoms with Crippen molar-refractivity contribution in [1.82, 2.24) is 0 Å². The second-order valence-electron chi connectivity index (χ2n) is 4.89. The van der Waals surface area contributed by atoms with Gasteiger partial charge < -0.3 is 10.6 Å². The van der Waals surface area contributed by atoms with E-state index in [4.69, 9.17) is 0 Å². The Balaban J connectivity index is 1.86. The zero-order valence-electron chi connectivity index (χ0n) is 11.1. The molecule has 3 rings (SSSR count). The van der Waals surface area contributed by atoms with Gasteiger partial charge in [0.1, 0.15) is 5.82 Å². The fourth-order valence-corrected chi connectivity index (χ4v) is 2.44. The van der Waals surface area contributed by atoms with Gasteiger partial charge in [-0.1, -0.05) is 24.3 Å². The predicted molar refractivity (Wildman–Crippen MR) is 77.5 cm³/mol. The maximum absolute atomic E-state index is 13.1. The van der Waals surface area contributed by atoms with Crippen LogP contribution in [0.4, 0.5) is 15.8 Å². The average Bonchev–Trinajstić information content (AvgIpc) is 2.46. The summed E-state index contributed by atoms with van der Waals surface area (Å²) < 4.78 is 13.1. The van der Waals surface area contributed by atoms with Crippen LogP contribution < -0.4 is 10.6 Å². The van der Waals surface area contributed by atoms with Crippen LogP contribution in [0.2, 0.25) is 0 Å². The average molecular weight is 284 g/mol. The molecule has 0 spiro atoms. The Bertz CT molecular complexity index is 715. The fourth-order valence-electron chi connectivity index (χ4n) is 2.44. The van der Waals surface area contributed by atoms with E-state index in [0.717, 1.165) is 5.56 Å². The molecule has 1 heterocycles. The maximum atomic E-state index is 13.1. The van der Waals surface area contributed by atoms with E-state index in [1.165, 1.54) is 18.2 Å². The van der Waals surface area contributed by atoms with Gasteiger partial charge in [0, 0.05) is 17.8 Å². The van der Waals surface area contributed by atoms with Gasteiger partial charge in [-0.2, -0.15) is 0 Å². The Labute approximate surface area is 121 Å². The SMILES string of the molecule is O=C1CC(C(=O)Nc2cccc(F)c2)c2ccccc2N1. The molecule has 1 unspecified atom stereocenters. The number of nitrogens with one attached hydrogen (secondary N) is 2. The van der Waals surface area contributed by atoms with Crippen molar-refractivity contribution in [2.45, 2.75) is 12.3 Å². The zero-order chi connectivity index (χ0) is 14.8. The van der Waals surface area contributed by atoms with Crippen LogP contribution in [-0.2, 0) is 9.59 Å². The highest BCUT2D eigenvalue weighted by molar-refractivity contribution is 6.05. The number of anilines is 2. The van der Waals surface area contributed by atoms with Crippen molar-refractivity contribution < 1.29 is 14.0 Å². The molecule has 2 aromatic carbocycles. The number of benzene rings is 2. The molecule has 1 aliphatic rings. The van der Waals surface area contributed by atoms with Gasteiger partial charge in [-0.15, -0.1) is 0 Å². The first-order chi connectivity index (χ1) is 10.1. The monoisotopic (exact) mass is 284 g/mol. The van der Waals surface area contributed by atoms with Crippen LogP contribution in [0, 0.1) is 5.82 Å². The number of halogens is 1. The van der Waals surface area contributed by atoms with Crippen LogP contribution in [0.1, 0.15) is 17.9 Å². The van der Waals surface area contributed by atoms with Crippen molar-refractivity contribution in [2.24, 2.45) is 0 Å². The summed E-state index contributed by atoms with van der Waals surface area (Å²) in [7, 11) is 0. The minimum atomic E-state index is -0.571. The van der Waals surface area contributed by atoms with Gasteiger partial charge in [-0.25, -0.2) is 4.39 Å². The normalized spacial score (nSPS) is 16.8. The minimum Gasteiger partial charge on any atom is -0.326 e. The lowest BCUT2D eigenvalue weighted by atomic mass is 9.90. The van der Waals surface area contributed by atoms with Crippen molar-refractivity contribution >= 4 is 23.2 Å². The van der Waals surface area contributed by atoms with Gasteiger partial charge in [0.2, 0.25) is 11.8 Å². The molecule has 2 aromatic rings. The lowest BCUT2D eigenvalue weighted by Crippen LogP contribution is -2.30. The van der Waals surface area contributed by atoms with Crippen molar-refractivity contribution in [3.63, 3.8) is 0 Å². The summed E-state index contributed by atoms with van der Waals surface area (Å²) >= 11 is 0. The highest BCUT2D eigenvalue weighted by atomic mass is 19.1. The highest BCUT2D eigenvalue weighted by Crippen LogP contribution is 2.32. The molecule has 106 valence electrons. The molecule has 0 fully saturated rings. The van der Waals surface area contributed by atoms with Crippen molar-refractivity contribution in [3.05, 3.63) is 59.9 Å². The van der Waals surface area contributed by atoms with E-state index in [0.29, 0.717) is 11.4 Å². The molecule has 0 saturated carbocycles. The summed E-state index contributed by atoms with van der Waals surface area (Å²) in [5.41, 5.74) is 1.79. The summed E-state index contributed by atoms with van der Waals surface area (Å²) in [6.07, 6.45) is 0.0815. The van der Waals surface area contributed by atoms with Crippen LogP contribution in [0.3, 0.4) is 0 Å². The third-order valence-corrected chi connectivity index (χ3v) is 3.41. The Morgan fingerprint density at radius 3 is 2.81 bits per heavy atom. The molecule has 21 heavy (non-hydrogen) atoms. The van der Waals surface area contributed by atoms with E-state index in [-0.39, 0.29) is 18.2 Å². The predicted octanol–water partition coefficient (Wildman–Crippen LogP) is 2.89. The molecule has 4 nitrogen and oxygen atoms in total. The minimum absolute atomic E-state index is 0.0815. The number of hydrogen-bond donors (Lipinski definition) is 2. The Hall–Kier alpha value is -2.69. The van der Waals surface area contributed by atoms with Gasteiger partial charge in [0.05, 0.1) is 5.92 Å². The van der Waals surface area contributed by atoms with E-state index in [1.807, 2.05) is 12.1 Å². The number of rotatable bonds is 2. The molecule has 0 bridgehead atoms. The third kappa shape index (κ3) is 2.76. The highest BCUT2D eigenvalue weighted by Gasteiger charge is 2.30. The smallest absolute Gasteiger partial charge is 0.232 e. The second-order valence-corrected chi connectivity index (χ2v) is 4.89. The van der Waals surface area contributed by atoms with Crippen LogP contribution in [0.5, 0.6) is 0 Å². The summed E-state index contributed by atoms with van der Waals surface area (Å²) in [6, 6.07) is 12.9. The number of hydrogen-bond acceptors (Lipinski definition) is 2. The third-order valence-electron chi connectivity index (χ3n) is 3.41. The fraction of sp³-hybridized carbons (Fsp3) is 0.125. The largest absolute Gasteiger partial charge is 0.326 e. The standard InChI is InChI=1S/C16H13FN2O2/c17-10-4-3-5-11(8-10)18-16(21)13-9-15(20)19-14-7-2-1-6-12(13)14/h1-8,13H,9H2,(H,18,21)(H,19,20). The van der Waals surface area contributed by atoms with Crippen LogP contribution in [-0.4, -0.2) is 11.8 Å². The molecule has 1 aliphatic heterocycles. The van der Waals surface area contributed by atoms with E-state index in [9.17, 15) is 14.0 Å². The molecule has 2 N–H and O–H groups in total. The molecular formula is C16H13FN2O2. The first-order valence-corrected chi connectivity index (χ1v) is 6.59. The summed E-state index contributed by atoms with van der Waals surface area (Å²) in [4.78, 5) is 24.1. The number of carbonyl (C=O) groups excluding carboxylic acids is 2. The molecule has 2 amide bonds. The molecule has 0 saturated heterocycles. The lowest BCUT2D eigenvalue weighted by Gasteiger charge is -2.24. The van der Waals surface area contributed by atoms with Crippen LogP contribution in [0.15, 0.2) is 48.5 Å². The number of carbonyl (C=O) groups is 2. The van der Waals surface area contributed by atoms with E-state index in [1.54, 1.807) is 18.2 Å². The quantitative estimate of drug-likeness (QED) is 0.891. The Kier molecular flexibility index (Phi) is 3.39. The number of fused-ring (bicyclic) bond motifs is 1. The number of para-hydroxylation sites is 1. The zero-order valence-corrected chi connectivity index (χ0v) is 11.1. The first-order valence-electron chi connectivity index (χ1n) is 6.59. The second kappa shape index (κ2) is 5.36. The summed E-state index contributed by atoms with van der Waals surface area (Å²) in [5, 5.41) is 5.39. The van der Waals surface area contributed by atoms with Gasteiger partial charge in [-0.3, -0.25) is 9.59 Å². The van der Waals surface area contributed by atoms with Crippen molar-refractivity contribution in [2.75, 3.05) is 10.6 Å². The van der Waals surface area contributed by atoms with Crippen molar-refractivity contribution in [3.8, 4) is 0 Å². The van der Waals surface area contributed by atoms with E-state index in [2.05, 4.69) is 10.6 Å². The molecule has 0 aliphatic carbocycles. The molecular weight excluding hydrogens is 271 g/mol. The van der Waals surface area contributed by atoms with E-state index < -0.39 is 11.7 Å². The van der Waals surface area contributed by atoms with Gasteiger partial charge in [0.15, 0.2) is 0 Å².